The lowest BCUT2D eigenvalue weighted by molar-refractivity contribution is -0.142. The molecule has 0 fully saturated rings. The molecule has 0 saturated carbocycles. The Morgan fingerprint density at radius 3 is 2.74 bits per heavy atom. The zero-order chi connectivity index (χ0) is 16.8. The molecule has 0 heterocycles. The van der Waals surface area contributed by atoms with Gasteiger partial charge in [0.15, 0.2) is 0 Å². The third-order valence-electron chi connectivity index (χ3n) is 3.13. The summed E-state index contributed by atoms with van der Waals surface area (Å²) in [5, 5.41) is 9.42. The first-order valence-corrected chi connectivity index (χ1v) is 7.53. The van der Waals surface area contributed by atoms with Crippen LogP contribution in [0.2, 0.25) is 5.02 Å². The maximum atomic E-state index is 11.6. The molecule has 2 aromatic rings. The highest BCUT2D eigenvalue weighted by Gasteiger charge is 2.09. The molecule has 0 aliphatic carbocycles. The van der Waals surface area contributed by atoms with Crippen molar-refractivity contribution in [3.63, 3.8) is 0 Å². The number of carbonyl (C=O) groups is 1. The third-order valence-corrected chi connectivity index (χ3v) is 3.35. The number of ether oxygens (including phenoxy) is 2. The van der Waals surface area contributed by atoms with Crippen molar-refractivity contribution in [1.29, 1.82) is 5.26 Å². The Morgan fingerprint density at radius 2 is 2.04 bits per heavy atom. The van der Waals surface area contributed by atoms with Crippen LogP contribution in [0.4, 0.5) is 0 Å². The van der Waals surface area contributed by atoms with Crippen LogP contribution >= 0.6 is 11.6 Å². The van der Waals surface area contributed by atoms with Crippen molar-refractivity contribution in [2.45, 2.75) is 20.3 Å². The van der Waals surface area contributed by atoms with E-state index in [4.69, 9.17) is 26.3 Å². The van der Waals surface area contributed by atoms with Crippen LogP contribution in [-0.2, 0) is 16.0 Å². The number of esters is 1. The monoisotopic (exact) mass is 329 g/mol. The molecule has 0 bridgehead atoms. The number of nitrogens with zero attached hydrogens (tertiary/aromatic N) is 1. The van der Waals surface area contributed by atoms with Crippen molar-refractivity contribution in [3.8, 4) is 17.6 Å². The molecule has 0 aliphatic rings. The van der Waals surface area contributed by atoms with Gasteiger partial charge in [-0.2, -0.15) is 5.26 Å². The van der Waals surface area contributed by atoms with Gasteiger partial charge < -0.3 is 9.47 Å². The lowest BCUT2D eigenvalue weighted by Crippen LogP contribution is -2.07. The topological polar surface area (TPSA) is 59.3 Å². The molecule has 0 N–H and O–H groups in total. The molecule has 0 aromatic heterocycles. The second-order valence-corrected chi connectivity index (χ2v) is 5.41. The van der Waals surface area contributed by atoms with Crippen LogP contribution in [0.1, 0.15) is 23.6 Å². The summed E-state index contributed by atoms with van der Waals surface area (Å²) in [6.07, 6.45) is 0.184. The van der Waals surface area contributed by atoms with Crippen LogP contribution < -0.4 is 4.74 Å². The molecule has 2 rings (SSSR count). The Labute approximate surface area is 140 Å². The lowest BCUT2D eigenvalue weighted by Gasteiger charge is -2.11. The Kier molecular flexibility index (Phi) is 5.61. The van der Waals surface area contributed by atoms with E-state index in [1.54, 1.807) is 31.2 Å². The van der Waals surface area contributed by atoms with E-state index in [0.717, 1.165) is 11.1 Å². The summed E-state index contributed by atoms with van der Waals surface area (Å²) in [5.41, 5.74) is 2.13. The predicted molar refractivity (Wildman–Crippen MR) is 87.8 cm³/mol. The fourth-order valence-corrected chi connectivity index (χ4v) is 2.28. The van der Waals surface area contributed by atoms with Gasteiger partial charge in [0.2, 0.25) is 0 Å². The molecule has 23 heavy (non-hydrogen) atoms. The predicted octanol–water partition coefficient (Wildman–Crippen LogP) is 4.42. The van der Waals surface area contributed by atoms with Crippen molar-refractivity contribution in [3.05, 3.63) is 58.1 Å². The fourth-order valence-electron chi connectivity index (χ4n) is 2.06. The first-order valence-electron chi connectivity index (χ1n) is 7.15. The second kappa shape index (κ2) is 7.66. The average molecular weight is 330 g/mol. The Bertz CT molecular complexity index is 765. The molecule has 0 amide bonds. The Morgan fingerprint density at radius 1 is 1.26 bits per heavy atom. The SMILES string of the molecule is CCOC(=O)Cc1ccc(C)c(Oc2cc(Cl)cc(C#N)c2)c1. The van der Waals surface area contributed by atoms with Crippen LogP contribution in [0.25, 0.3) is 0 Å². The van der Waals surface area contributed by atoms with Gasteiger partial charge in [-0.15, -0.1) is 0 Å². The smallest absolute Gasteiger partial charge is 0.310 e. The van der Waals surface area contributed by atoms with Crippen LogP contribution in [0.15, 0.2) is 36.4 Å². The molecule has 4 nitrogen and oxygen atoms in total. The van der Waals surface area contributed by atoms with Crippen molar-refractivity contribution in [2.24, 2.45) is 0 Å². The first-order chi connectivity index (χ1) is 11.0. The van der Waals surface area contributed by atoms with E-state index in [1.807, 2.05) is 25.1 Å². The zero-order valence-electron chi connectivity index (χ0n) is 12.9. The zero-order valence-corrected chi connectivity index (χ0v) is 13.7. The summed E-state index contributed by atoms with van der Waals surface area (Å²) >= 11 is 5.98. The van der Waals surface area contributed by atoms with E-state index in [0.29, 0.717) is 28.7 Å². The van der Waals surface area contributed by atoms with Crippen LogP contribution in [0.5, 0.6) is 11.5 Å². The number of aryl methyl sites for hydroxylation is 1. The number of halogens is 1. The molecule has 2 aromatic carbocycles. The minimum Gasteiger partial charge on any atom is -0.466 e. The van der Waals surface area contributed by atoms with Gasteiger partial charge in [0, 0.05) is 5.02 Å². The van der Waals surface area contributed by atoms with Gasteiger partial charge >= 0.3 is 5.97 Å². The number of carbonyl (C=O) groups excluding carboxylic acids is 1. The highest BCUT2D eigenvalue weighted by atomic mass is 35.5. The number of hydrogen-bond donors (Lipinski definition) is 0. The summed E-state index contributed by atoms with van der Waals surface area (Å²) < 4.78 is 10.8. The molecule has 0 saturated heterocycles. The maximum Gasteiger partial charge on any atom is 0.310 e. The van der Waals surface area contributed by atoms with Gasteiger partial charge in [0.25, 0.3) is 0 Å². The molecular formula is C18H16ClNO3. The number of benzene rings is 2. The van der Waals surface area contributed by atoms with Crippen molar-refractivity contribution in [2.75, 3.05) is 6.61 Å². The Balaban J connectivity index is 2.24. The number of rotatable bonds is 5. The average Bonchev–Trinajstić information content (AvgIpc) is 2.50. The highest BCUT2D eigenvalue weighted by molar-refractivity contribution is 6.30. The van der Waals surface area contributed by atoms with Crippen molar-refractivity contribution in [1.82, 2.24) is 0 Å². The fraction of sp³-hybridized carbons (Fsp3) is 0.222. The van der Waals surface area contributed by atoms with Gasteiger partial charge in [0.1, 0.15) is 11.5 Å². The van der Waals surface area contributed by atoms with Crippen molar-refractivity contribution < 1.29 is 14.3 Å². The summed E-state index contributed by atoms with van der Waals surface area (Å²) in [6.45, 7) is 4.03. The van der Waals surface area contributed by atoms with Gasteiger partial charge in [-0.25, -0.2) is 0 Å². The van der Waals surface area contributed by atoms with Gasteiger partial charge in [-0.1, -0.05) is 23.7 Å². The molecule has 0 atom stereocenters. The van der Waals surface area contributed by atoms with Crippen molar-refractivity contribution >= 4 is 17.6 Å². The van der Waals surface area contributed by atoms with E-state index in [-0.39, 0.29) is 12.4 Å². The van der Waals surface area contributed by atoms with E-state index >= 15 is 0 Å². The molecule has 5 heteroatoms. The third kappa shape index (κ3) is 4.73. The summed E-state index contributed by atoms with van der Waals surface area (Å²) in [6, 6.07) is 12.4. The Hall–Kier alpha value is -2.51. The molecule has 118 valence electrons. The molecular weight excluding hydrogens is 314 g/mol. The standard InChI is InChI=1S/C18H16ClNO3/c1-3-22-18(21)9-13-5-4-12(2)17(8-13)23-16-7-14(11-20)6-15(19)10-16/h4-8,10H,3,9H2,1-2H3. The minimum atomic E-state index is -0.281. The molecule has 0 radical (unpaired) electrons. The van der Waals surface area contributed by atoms with Crippen LogP contribution in [0, 0.1) is 18.3 Å². The van der Waals surface area contributed by atoms with E-state index in [1.165, 1.54) is 0 Å². The first kappa shape index (κ1) is 16.9. The van der Waals surface area contributed by atoms with Crippen LogP contribution in [-0.4, -0.2) is 12.6 Å². The van der Waals surface area contributed by atoms with E-state index in [2.05, 4.69) is 0 Å². The summed E-state index contributed by atoms with van der Waals surface area (Å²) in [5.74, 6) is 0.806. The van der Waals surface area contributed by atoms with Gasteiger partial charge in [-0.05, 0) is 49.2 Å². The normalized spacial score (nSPS) is 10.0. The quantitative estimate of drug-likeness (QED) is 0.762. The van der Waals surface area contributed by atoms with E-state index in [9.17, 15) is 4.79 Å². The highest BCUT2D eigenvalue weighted by Crippen LogP contribution is 2.29. The molecule has 0 aliphatic heterocycles. The molecule has 0 spiro atoms. The van der Waals surface area contributed by atoms with Gasteiger partial charge in [-0.3, -0.25) is 4.79 Å². The van der Waals surface area contributed by atoms with Crippen LogP contribution in [0.3, 0.4) is 0 Å². The van der Waals surface area contributed by atoms with E-state index < -0.39 is 0 Å². The van der Waals surface area contributed by atoms with Gasteiger partial charge in [0.05, 0.1) is 24.7 Å². The lowest BCUT2D eigenvalue weighted by atomic mass is 10.1. The second-order valence-electron chi connectivity index (χ2n) is 4.97. The maximum absolute atomic E-state index is 11.6. The number of nitriles is 1. The summed E-state index contributed by atoms with van der Waals surface area (Å²) in [4.78, 5) is 11.6. The minimum absolute atomic E-state index is 0.184. The largest absolute Gasteiger partial charge is 0.466 e. The summed E-state index contributed by atoms with van der Waals surface area (Å²) in [7, 11) is 0. The number of hydrogen-bond acceptors (Lipinski definition) is 4. The molecule has 0 unspecified atom stereocenters.